The lowest BCUT2D eigenvalue weighted by Crippen LogP contribution is -2.43. The number of carbonyl (C=O) groups excluding carboxylic acids is 1. The third kappa shape index (κ3) is 4.51. The lowest BCUT2D eigenvalue weighted by molar-refractivity contribution is -0.140. The number of aromatic nitrogens is 2. The molecule has 0 N–H and O–H groups in total. The molecule has 156 valence electrons. The summed E-state index contributed by atoms with van der Waals surface area (Å²) < 4.78 is 16.8. The number of aryl methyl sites for hydroxylation is 2. The Kier molecular flexibility index (Phi) is 6.25. The lowest BCUT2D eigenvalue weighted by atomic mass is 9.95. The first-order chi connectivity index (χ1) is 14.2. The van der Waals surface area contributed by atoms with Crippen LogP contribution >= 0.6 is 0 Å². The van der Waals surface area contributed by atoms with Crippen molar-refractivity contribution in [3.8, 4) is 11.3 Å². The molecule has 7 heteroatoms. The molecule has 2 aliphatic rings. The first kappa shape index (κ1) is 20.0. The van der Waals surface area contributed by atoms with Crippen molar-refractivity contribution in [1.82, 2.24) is 15.0 Å². The van der Waals surface area contributed by atoms with E-state index in [9.17, 15) is 4.79 Å². The molecular formula is C22H29N3O4. The average Bonchev–Trinajstić information content (AvgIpc) is 3.15. The normalized spacial score (nSPS) is 20.8. The molecule has 1 atom stereocenters. The van der Waals surface area contributed by atoms with Crippen molar-refractivity contribution in [3.05, 3.63) is 35.3 Å². The van der Waals surface area contributed by atoms with E-state index in [2.05, 4.69) is 5.16 Å². The van der Waals surface area contributed by atoms with Gasteiger partial charge in [0.1, 0.15) is 11.9 Å². The van der Waals surface area contributed by atoms with Gasteiger partial charge in [-0.1, -0.05) is 18.1 Å². The number of ether oxygens (including phenoxy) is 2. The van der Waals surface area contributed by atoms with Crippen LogP contribution in [-0.2, 0) is 20.7 Å². The summed E-state index contributed by atoms with van der Waals surface area (Å²) in [5.74, 6) is 1.48. The molecule has 0 saturated carbocycles. The summed E-state index contributed by atoms with van der Waals surface area (Å²) in [6.07, 6.45) is 3.09. The number of amides is 1. The van der Waals surface area contributed by atoms with E-state index in [1.54, 1.807) is 0 Å². The third-order valence-corrected chi connectivity index (χ3v) is 5.83. The topological polar surface area (TPSA) is 77.7 Å². The molecule has 0 spiro atoms. The number of hydrogen-bond acceptors (Lipinski definition) is 6. The van der Waals surface area contributed by atoms with E-state index in [0.717, 1.165) is 60.9 Å². The van der Waals surface area contributed by atoms with Gasteiger partial charge in [-0.2, -0.15) is 0 Å². The summed E-state index contributed by atoms with van der Waals surface area (Å²) in [6, 6.07) is 5.92. The second-order valence-electron chi connectivity index (χ2n) is 7.83. The number of morpholine rings is 1. The van der Waals surface area contributed by atoms with Gasteiger partial charge in [0.25, 0.3) is 0 Å². The molecule has 2 aromatic rings. The molecule has 0 aromatic carbocycles. The average molecular weight is 399 g/mol. The molecule has 2 saturated heterocycles. The van der Waals surface area contributed by atoms with Crippen LogP contribution in [0.15, 0.2) is 22.7 Å². The van der Waals surface area contributed by atoms with Gasteiger partial charge in [0, 0.05) is 32.6 Å². The van der Waals surface area contributed by atoms with Crippen LogP contribution in [0.1, 0.15) is 49.4 Å². The van der Waals surface area contributed by atoms with Gasteiger partial charge in [-0.05, 0) is 37.8 Å². The zero-order valence-electron chi connectivity index (χ0n) is 17.2. The predicted octanol–water partition coefficient (Wildman–Crippen LogP) is 3.32. The summed E-state index contributed by atoms with van der Waals surface area (Å²) >= 11 is 0. The molecular weight excluding hydrogens is 370 g/mol. The number of pyridine rings is 1. The van der Waals surface area contributed by atoms with E-state index in [-0.39, 0.29) is 12.0 Å². The van der Waals surface area contributed by atoms with Crippen LogP contribution in [0.25, 0.3) is 11.3 Å². The Morgan fingerprint density at radius 2 is 2.07 bits per heavy atom. The molecule has 4 heterocycles. The fraction of sp³-hybridized carbons (Fsp3) is 0.591. The highest BCUT2D eigenvalue weighted by Crippen LogP contribution is 2.29. The number of hydrogen-bond donors (Lipinski definition) is 0. The Bertz CT molecular complexity index is 844. The Morgan fingerprint density at radius 1 is 1.24 bits per heavy atom. The number of carbonyl (C=O) groups is 1. The Morgan fingerprint density at radius 3 is 2.86 bits per heavy atom. The first-order valence-electron chi connectivity index (χ1n) is 10.5. The molecule has 0 bridgehead atoms. The molecule has 0 radical (unpaired) electrons. The maximum Gasteiger partial charge on any atom is 0.223 e. The Labute approximate surface area is 171 Å². The smallest absolute Gasteiger partial charge is 0.223 e. The second-order valence-corrected chi connectivity index (χ2v) is 7.83. The SMILES string of the molecule is CCc1onc(C)c1-c1cccc([C@H]2CN(C(=O)CC3CCOCC3)CCO2)n1. The molecule has 2 aliphatic heterocycles. The van der Waals surface area contributed by atoms with Crippen molar-refractivity contribution in [1.29, 1.82) is 0 Å². The van der Waals surface area contributed by atoms with Gasteiger partial charge < -0.3 is 18.9 Å². The monoisotopic (exact) mass is 399 g/mol. The van der Waals surface area contributed by atoms with Gasteiger partial charge in [0.15, 0.2) is 0 Å². The van der Waals surface area contributed by atoms with E-state index in [0.29, 0.717) is 32.0 Å². The molecule has 2 aromatic heterocycles. The molecule has 2 fully saturated rings. The van der Waals surface area contributed by atoms with Crippen molar-refractivity contribution in [3.63, 3.8) is 0 Å². The van der Waals surface area contributed by atoms with E-state index >= 15 is 0 Å². The zero-order valence-corrected chi connectivity index (χ0v) is 17.2. The fourth-order valence-electron chi connectivity index (χ4n) is 4.14. The quantitative estimate of drug-likeness (QED) is 0.768. The second kappa shape index (κ2) is 9.05. The highest BCUT2D eigenvalue weighted by Gasteiger charge is 2.28. The van der Waals surface area contributed by atoms with E-state index in [4.69, 9.17) is 19.0 Å². The molecule has 1 amide bonds. The van der Waals surface area contributed by atoms with E-state index in [1.807, 2.05) is 36.9 Å². The maximum atomic E-state index is 12.8. The van der Waals surface area contributed by atoms with Crippen LogP contribution in [0.3, 0.4) is 0 Å². The van der Waals surface area contributed by atoms with Crippen LogP contribution in [0.5, 0.6) is 0 Å². The molecule has 29 heavy (non-hydrogen) atoms. The van der Waals surface area contributed by atoms with Gasteiger partial charge in [-0.15, -0.1) is 0 Å². The molecule has 0 aliphatic carbocycles. The number of rotatable bonds is 5. The summed E-state index contributed by atoms with van der Waals surface area (Å²) in [6.45, 7) is 7.22. The zero-order chi connectivity index (χ0) is 20.2. The van der Waals surface area contributed by atoms with Gasteiger partial charge in [-0.3, -0.25) is 4.79 Å². The van der Waals surface area contributed by atoms with Crippen LogP contribution in [0.4, 0.5) is 0 Å². The Balaban J connectivity index is 1.47. The third-order valence-electron chi connectivity index (χ3n) is 5.83. The highest BCUT2D eigenvalue weighted by molar-refractivity contribution is 5.76. The van der Waals surface area contributed by atoms with Crippen molar-refractivity contribution < 1.29 is 18.8 Å². The van der Waals surface area contributed by atoms with Crippen molar-refractivity contribution in [2.24, 2.45) is 5.92 Å². The summed E-state index contributed by atoms with van der Waals surface area (Å²) in [5, 5.41) is 4.09. The standard InChI is InChI=1S/C22H29N3O4/c1-3-19-22(15(2)24-29-19)18-6-4-5-17(23-18)20-14-25(9-12-28-20)21(26)13-16-7-10-27-11-8-16/h4-6,16,20H,3,7-14H2,1-2H3/t20-/m1/s1. The van der Waals surface area contributed by atoms with Gasteiger partial charge in [-0.25, -0.2) is 4.98 Å². The van der Waals surface area contributed by atoms with Crippen LogP contribution in [0.2, 0.25) is 0 Å². The summed E-state index contributed by atoms with van der Waals surface area (Å²) in [7, 11) is 0. The minimum Gasteiger partial charge on any atom is -0.381 e. The maximum absolute atomic E-state index is 12.8. The minimum absolute atomic E-state index is 0.213. The summed E-state index contributed by atoms with van der Waals surface area (Å²) in [4.78, 5) is 19.6. The van der Waals surface area contributed by atoms with Crippen LogP contribution in [0, 0.1) is 12.8 Å². The first-order valence-corrected chi connectivity index (χ1v) is 10.5. The van der Waals surface area contributed by atoms with Gasteiger partial charge >= 0.3 is 0 Å². The van der Waals surface area contributed by atoms with Gasteiger partial charge in [0.2, 0.25) is 5.91 Å². The van der Waals surface area contributed by atoms with Crippen molar-refractivity contribution in [2.45, 2.75) is 45.6 Å². The summed E-state index contributed by atoms with van der Waals surface area (Å²) in [5.41, 5.74) is 3.48. The van der Waals surface area contributed by atoms with E-state index in [1.165, 1.54) is 0 Å². The number of nitrogens with zero attached hydrogens (tertiary/aromatic N) is 3. The van der Waals surface area contributed by atoms with Gasteiger partial charge in [0.05, 0.1) is 35.8 Å². The van der Waals surface area contributed by atoms with Crippen LogP contribution in [-0.4, -0.2) is 53.9 Å². The molecule has 0 unspecified atom stereocenters. The van der Waals surface area contributed by atoms with E-state index < -0.39 is 0 Å². The van der Waals surface area contributed by atoms with Crippen molar-refractivity contribution >= 4 is 5.91 Å². The largest absolute Gasteiger partial charge is 0.381 e. The fourth-order valence-corrected chi connectivity index (χ4v) is 4.14. The minimum atomic E-state index is -0.215. The Hall–Kier alpha value is -2.25. The highest BCUT2D eigenvalue weighted by atomic mass is 16.5. The molecule has 4 rings (SSSR count). The van der Waals surface area contributed by atoms with Crippen LogP contribution < -0.4 is 0 Å². The molecule has 7 nitrogen and oxygen atoms in total. The lowest BCUT2D eigenvalue weighted by Gasteiger charge is -2.34. The predicted molar refractivity (Wildman–Crippen MR) is 107 cm³/mol. The van der Waals surface area contributed by atoms with Crippen molar-refractivity contribution in [2.75, 3.05) is 32.9 Å².